The Bertz CT molecular complexity index is 1050. The van der Waals surface area contributed by atoms with Crippen LogP contribution in [0.5, 0.6) is 0 Å². The second-order valence-electron chi connectivity index (χ2n) is 6.83. The lowest BCUT2D eigenvalue weighted by Gasteiger charge is -2.16. The summed E-state index contributed by atoms with van der Waals surface area (Å²) < 4.78 is 14.7. The topological polar surface area (TPSA) is 64.0 Å². The molecule has 5 nitrogen and oxygen atoms in total. The van der Waals surface area contributed by atoms with E-state index in [1.165, 1.54) is 23.9 Å². The second kappa shape index (κ2) is 9.69. The van der Waals surface area contributed by atoms with Crippen molar-refractivity contribution in [1.29, 1.82) is 0 Å². The lowest BCUT2D eigenvalue weighted by atomic mass is 10.2. The van der Waals surface area contributed by atoms with Crippen molar-refractivity contribution in [3.05, 3.63) is 70.3 Å². The Morgan fingerprint density at radius 1 is 1.21 bits per heavy atom. The van der Waals surface area contributed by atoms with Gasteiger partial charge in [-0.3, -0.25) is 14.2 Å². The highest BCUT2D eigenvalue weighted by molar-refractivity contribution is 8.00. The number of rotatable bonds is 8. The first kappa shape index (κ1) is 21.0. The minimum absolute atomic E-state index is 0.0783. The van der Waals surface area contributed by atoms with Crippen molar-refractivity contribution >= 4 is 28.6 Å². The Morgan fingerprint density at radius 3 is 2.66 bits per heavy atom. The average Bonchev–Trinajstić information content (AvgIpc) is 2.73. The predicted molar refractivity (Wildman–Crippen MR) is 114 cm³/mol. The van der Waals surface area contributed by atoms with E-state index in [1.807, 2.05) is 18.2 Å². The van der Waals surface area contributed by atoms with Crippen LogP contribution < -0.4 is 10.9 Å². The fourth-order valence-electron chi connectivity index (χ4n) is 2.90. The van der Waals surface area contributed by atoms with E-state index in [9.17, 15) is 14.0 Å². The van der Waals surface area contributed by atoms with Crippen LogP contribution in [-0.2, 0) is 17.9 Å². The number of hydrogen-bond acceptors (Lipinski definition) is 4. The number of para-hydroxylation sites is 1. The van der Waals surface area contributed by atoms with E-state index in [-0.39, 0.29) is 17.3 Å². The fourth-order valence-corrected chi connectivity index (χ4v) is 3.86. The molecule has 1 heterocycles. The Hall–Kier alpha value is -2.67. The fraction of sp³-hybridized carbons (Fsp3) is 0.318. The largest absolute Gasteiger partial charge is 0.351 e. The van der Waals surface area contributed by atoms with Gasteiger partial charge in [0, 0.05) is 13.1 Å². The predicted octanol–water partition coefficient (Wildman–Crippen LogP) is 4.13. The zero-order valence-electron chi connectivity index (χ0n) is 16.5. The summed E-state index contributed by atoms with van der Waals surface area (Å²) in [6.07, 6.45) is 1.82. The van der Waals surface area contributed by atoms with Gasteiger partial charge in [0.15, 0.2) is 5.16 Å². The molecular formula is C22H24FN3O2S. The molecule has 0 saturated carbocycles. The Kier molecular flexibility index (Phi) is 7.04. The number of aromatic nitrogens is 2. The molecule has 3 aromatic rings. The lowest BCUT2D eigenvalue weighted by molar-refractivity contribution is -0.120. The van der Waals surface area contributed by atoms with Gasteiger partial charge in [-0.1, -0.05) is 49.4 Å². The molecule has 0 spiro atoms. The summed E-state index contributed by atoms with van der Waals surface area (Å²) in [5.74, 6) is -0.472. The number of carbonyl (C=O) groups is 1. The number of benzene rings is 2. The van der Waals surface area contributed by atoms with E-state index in [0.29, 0.717) is 29.1 Å². The molecule has 0 bridgehead atoms. The number of hydrogen-bond donors (Lipinski definition) is 1. The molecule has 0 saturated heterocycles. The summed E-state index contributed by atoms with van der Waals surface area (Å²) in [5, 5.41) is 3.55. The summed E-state index contributed by atoms with van der Waals surface area (Å²) in [7, 11) is 0. The molecule has 0 aliphatic rings. The van der Waals surface area contributed by atoms with Gasteiger partial charge in [-0.05, 0) is 43.2 Å². The minimum Gasteiger partial charge on any atom is -0.351 e. The third-order valence-corrected chi connectivity index (χ3v) is 5.68. The Labute approximate surface area is 173 Å². The van der Waals surface area contributed by atoms with Gasteiger partial charge in [-0.2, -0.15) is 0 Å². The summed E-state index contributed by atoms with van der Waals surface area (Å²) in [4.78, 5) is 30.1. The molecule has 0 fully saturated rings. The van der Waals surface area contributed by atoms with Gasteiger partial charge >= 0.3 is 0 Å². The zero-order chi connectivity index (χ0) is 20.8. The van der Waals surface area contributed by atoms with Gasteiger partial charge in [0.25, 0.3) is 5.56 Å². The normalized spacial score (nSPS) is 12.1. The molecule has 1 aromatic heterocycles. The van der Waals surface area contributed by atoms with E-state index in [2.05, 4.69) is 17.2 Å². The molecule has 0 radical (unpaired) electrons. The van der Waals surface area contributed by atoms with Crippen molar-refractivity contribution in [2.24, 2.45) is 0 Å². The van der Waals surface area contributed by atoms with Crippen LogP contribution in [0, 0.1) is 5.82 Å². The van der Waals surface area contributed by atoms with Gasteiger partial charge in [0.2, 0.25) is 5.91 Å². The minimum atomic E-state index is -0.434. The first-order chi connectivity index (χ1) is 14.0. The molecular weight excluding hydrogens is 389 g/mol. The standard InChI is InChI=1S/C22H24FN3O2S/c1-3-4-13-26-21(28)18-7-5-6-8-19(18)25-22(26)29-15(2)20(27)24-14-16-9-11-17(23)12-10-16/h5-12,15H,3-4,13-14H2,1-2H3,(H,24,27). The summed E-state index contributed by atoms with van der Waals surface area (Å²) in [6.45, 7) is 4.74. The monoisotopic (exact) mass is 413 g/mol. The quantitative estimate of drug-likeness (QED) is 0.445. The third kappa shape index (κ3) is 5.23. The van der Waals surface area contributed by atoms with Crippen LogP contribution in [-0.4, -0.2) is 20.7 Å². The molecule has 1 N–H and O–H groups in total. The van der Waals surface area contributed by atoms with Gasteiger partial charge in [-0.25, -0.2) is 9.37 Å². The number of unbranched alkanes of at least 4 members (excludes halogenated alkanes) is 1. The molecule has 3 rings (SSSR count). The summed E-state index contributed by atoms with van der Waals surface area (Å²) in [6, 6.07) is 13.3. The molecule has 1 amide bonds. The maximum atomic E-state index is 13.0. The smallest absolute Gasteiger partial charge is 0.262 e. The summed E-state index contributed by atoms with van der Waals surface area (Å²) in [5.41, 5.74) is 1.37. The van der Waals surface area contributed by atoms with Crippen LogP contribution in [0.1, 0.15) is 32.3 Å². The number of fused-ring (bicyclic) bond motifs is 1. The van der Waals surface area contributed by atoms with E-state index >= 15 is 0 Å². The molecule has 7 heteroatoms. The summed E-state index contributed by atoms with van der Waals surface area (Å²) >= 11 is 1.28. The highest BCUT2D eigenvalue weighted by atomic mass is 32.2. The van der Waals surface area contributed by atoms with Crippen LogP contribution in [0.4, 0.5) is 4.39 Å². The number of amides is 1. The Morgan fingerprint density at radius 2 is 1.93 bits per heavy atom. The number of nitrogens with one attached hydrogen (secondary N) is 1. The number of thioether (sulfide) groups is 1. The highest BCUT2D eigenvalue weighted by Gasteiger charge is 2.19. The first-order valence-electron chi connectivity index (χ1n) is 9.68. The van der Waals surface area contributed by atoms with Gasteiger partial charge in [0.05, 0.1) is 16.2 Å². The van der Waals surface area contributed by atoms with Gasteiger partial charge < -0.3 is 5.32 Å². The van der Waals surface area contributed by atoms with Crippen molar-refractivity contribution in [2.45, 2.75) is 50.2 Å². The highest BCUT2D eigenvalue weighted by Crippen LogP contribution is 2.23. The first-order valence-corrected chi connectivity index (χ1v) is 10.6. The van der Waals surface area contributed by atoms with Crippen molar-refractivity contribution in [1.82, 2.24) is 14.9 Å². The zero-order valence-corrected chi connectivity index (χ0v) is 17.3. The second-order valence-corrected chi connectivity index (χ2v) is 8.13. The lowest BCUT2D eigenvalue weighted by Crippen LogP contribution is -2.31. The number of nitrogens with zero attached hydrogens (tertiary/aromatic N) is 2. The SMILES string of the molecule is CCCCn1c(SC(C)C(=O)NCc2ccc(F)cc2)nc2ccccc2c1=O. The number of carbonyl (C=O) groups excluding carboxylic acids is 1. The van der Waals surface area contributed by atoms with E-state index in [1.54, 1.807) is 29.7 Å². The van der Waals surface area contributed by atoms with Gasteiger partial charge in [-0.15, -0.1) is 0 Å². The van der Waals surface area contributed by atoms with Crippen LogP contribution in [0.25, 0.3) is 10.9 Å². The van der Waals surface area contributed by atoms with Gasteiger partial charge in [0.1, 0.15) is 5.82 Å². The molecule has 29 heavy (non-hydrogen) atoms. The van der Waals surface area contributed by atoms with Crippen molar-refractivity contribution < 1.29 is 9.18 Å². The van der Waals surface area contributed by atoms with Crippen molar-refractivity contribution in [2.75, 3.05) is 0 Å². The maximum absolute atomic E-state index is 13.0. The molecule has 1 unspecified atom stereocenters. The Balaban J connectivity index is 1.77. The molecule has 2 aromatic carbocycles. The van der Waals surface area contributed by atoms with E-state index in [0.717, 1.165) is 18.4 Å². The molecule has 152 valence electrons. The molecule has 0 aliphatic carbocycles. The maximum Gasteiger partial charge on any atom is 0.262 e. The third-order valence-electron chi connectivity index (χ3n) is 4.59. The molecule has 0 aliphatic heterocycles. The van der Waals surface area contributed by atoms with Crippen molar-refractivity contribution in [3.8, 4) is 0 Å². The number of halogens is 1. The van der Waals surface area contributed by atoms with Crippen LogP contribution in [0.2, 0.25) is 0 Å². The molecule has 1 atom stereocenters. The van der Waals surface area contributed by atoms with E-state index in [4.69, 9.17) is 0 Å². The average molecular weight is 414 g/mol. The van der Waals surface area contributed by atoms with Crippen LogP contribution in [0.15, 0.2) is 58.5 Å². The van der Waals surface area contributed by atoms with Crippen LogP contribution >= 0.6 is 11.8 Å². The van der Waals surface area contributed by atoms with Crippen LogP contribution in [0.3, 0.4) is 0 Å². The van der Waals surface area contributed by atoms with Crippen molar-refractivity contribution in [3.63, 3.8) is 0 Å². The van der Waals surface area contributed by atoms with E-state index < -0.39 is 5.25 Å².